The van der Waals surface area contributed by atoms with E-state index in [1.807, 2.05) is 12.1 Å². The number of benzene rings is 1. The van der Waals surface area contributed by atoms with Crippen molar-refractivity contribution in [3.63, 3.8) is 0 Å². The summed E-state index contributed by atoms with van der Waals surface area (Å²) in [4.78, 5) is 2.41. The standard InChI is InChI=1S/C15H21BrN2O3/c1-20-14-10-13(16)9-12(11-17-19)15(14)21-8-7-18-5-3-2-4-6-18/h9-11,19H,2-8H2,1H3. The lowest BCUT2D eigenvalue weighted by molar-refractivity contribution is 0.180. The molecule has 0 atom stereocenters. The van der Waals surface area contributed by atoms with Gasteiger partial charge in [-0.15, -0.1) is 0 Å². The highest BCUT2D eigenvalue weighted by atomic mass is 79.9. The van der Waals surface area contributed by atoms with Crippen molar-refractivity contribution in [2.75, 3.05) is 33.4 Å². The molecule has 0 unspecified atom stereocenters. The summed E-state index contributed by atoms with van der Waals surface area (Å²) in [6.45, 7) is 3.77. The highest BCUT2D eigenvalue weighted by Crippen LogP contribution is 2.34. The van der Waals surface area contributed by atoms with Crippen molar-refractivity contribution in [1.29, 1.82) is 0 Å². The summed E-state index contributed by atoms with van der Waals surface area (Å²) in [5, 5.41) is 11.9. The van der Waals surface area contributed by atoms with Crippen molar-refractivity contribution in [2.24, 2.45) is 5.16 Å². The van der Waals surface area contributed by atoms with Gasteiger partial charge in [-0.25, -0.2) is 0 Å². The van der Waals surface area contributed by atoms with Gasteiger partial charge in [0.15, 0.2) is 11.5 Å². The number of oxime groups is 1. The summed E-state index contributed by atoms with van der Waals surface area (Å²) in [5.41, 5.74) is 0.683. The maximum absolute atomic E-state index is 8.78. The van der Waals surface area contributed by atoms with Crippen LogP contribution >= 0.6 is 15.9 Å². The number of methoxy groups -OCH3 is 1. The van der Waals surface area contributed by atoms with E-state index in [0.717, 1.165) is 24.1 Å². The number of nitrogens with zero attached hydrogens (tertiary/aromatic N) is 2. The zero-order valence-electron chi connectivity index (χ0n) is 12.2. The molecule has 1 aromatic rings. The first-order valence-corrected chi connectivity index (χ1v) is 7.94. The lowest BCUT2D eigenvalue weighted by atomic mass is 10.1. The highest BCUT2D eigenvalue weighted by Gasteiger charge is 2.14. The number of rotatable bonds is 6. The van der Waals surface area contributed by atoms with Crippen molar-refractivity contribution < 1.29 is 14.7 Å². The molecule has 1 fully saturated rings. The third kappa shape index (κ3) is 4.61. The monoisotopic (exact) mass is 356 g/mol. The van der Waals surface area contributed by atoms with Crippen LogP contribution in [0.15, 0.2) is 21.8 Å². The van der Waals surface area contributed by atoms with Crippen LogP contribution in [0.5, 0.6) is 11.5 Å². The average Bonchev–Trinajstić information content (AvgIpc) is 2.50. The molecule has 0 aliphatic carbocycles. The molecule has 0 bridgehead atoms. The Kier molecular flexibility index (Phi) is 6.32. The Hall–Kier alpha value is -1.27. The van der Waals surface area contributed by atoms with Gasteiger partial charge in [-0.05, 0) is 38.1 Å². The van der Waals surface area contributed by atoms with Gasteiger partial charge in [0.25, 0.3) is 0 Å². The van der Waals surface area contributed by atoms with E-state index in [1.165, 1.54) is 25.5 Å². The molecule has 1 N–H and O–H groups in total. The van der Waals surface area contributed by atoms with Crippen LogP contribution in [-0.4, -0.2) is 49.7 Å². The predicted molar refractivity (Wildman–Crippen MR) is 85.9 cm³/mol. The summed E-state index contributed by atoms with van der Waals surface area (Å²) in [7, 11) is 1.60. The third-order valence-corrected chi connectivity index (χ3v) is 4.03. The van der Waals surface area contributed by atoms with Crippen LogP contribution in [0.2, 0.25) is 0 Å². The molecule has 0 amide bonds. The minimum atomic E-state index is 0.588. The zero-order chi connectivity index (χ0) is 15.1. The number of halogens is 1. The SMILES string of the molecule is COc1cc(Br)cc(C=NO)c1OCCN1CCCCC1. The molecule has 1 aromatic carbocycles. The summed E-state index contributed by atoms with van der Waals surface area (Å²) < 4.78 is 12.1. The fourth-order valence-electron chi connectivity index (χ4n) is 2.51. The Bertz CT molecular complexity index is 488. The summed E-state index contributed by atoms with van der Waals surface area (Å²) in [6, 6.07) is 3.67. The summed E-state index contributed by atoms with van der Waals surface area (Å²) in [5.74, 6) is 1.23. The van der Waals surface area contributed by atoms with Gasteiger partial charge in [-0.2, -0.15) is 0 Å². The molecule has 21 heavy (non-hydrogen) atoms. The van der Waals surface area contributed by atoms with Gasteiger partial charge in [0.1, 0.15) is 6.61 Å². The van der Waals surface area contributed by atoms with Gasteiger partial charge in [-0.3, -0.25) is 4.90 Å². The van der Waals surface area contributed by atoms with E-state index < -0.39 is 0 Å². The van der Waals surface area contributed by atoms with E-state index in [-0.39, 0.29) is 0 Å². The predicted octanol–water partition coefficient (Wildman–Crippen LogP) is 3.13. The van der Waals surface area contributed by atoms with Gasteiger partial charge >= 0.3 is 0 Å². The Labute approximate surface area is 133 Å². The second-order valence-electron chi connectivity index (χ2n) is 5.02. The first-order valence-electron chi connectivity index (χ1n) is 7.14. The molecule has 2 rings (SSSR count). The van der Waals surface area contributed by atoms with E-state index in [9.17, 15) is 0 Å². The molecule has 0 saturated carbocycles. The molecule has 0 spiro atoms. The minimum absolute atomic E-state index is 0.588. The normalized spacial score (nSPS) is 16.3. The van der Waals surface area contributed by atoms with E-state index >= 15 is 0 Å². The maximum atomic E-state index is 8.78. The Morgan fingerprint density at radius 1 is 1.33 bits per heavy atom. The van der Waals surface area contributed by atoms with E-state index in [0.29, 0.717) is 23.7 Å². The van der Waals surface area contributed by atoms with Crippen LogP contribution in [0.3, 0.4) is 0 Å². The molecule has 5 nitrogen and oxygen atoms in total. The molecule has 0 radical (unpaired) electrons. The van der Waals surface area contributed by atoms with E-state index in [4.69, 9.17) is 14.7 Å². The molecule has 1 aliphatic heterocycles. The highest BCUT2D eigenvalue weighted by molar-refractivity contribution is 9.10. The molecular weight excluding hydrogens is 336 g/mol. The van der Waals surface area contributed by atoms with E-state index in [1.54, 1.807) is 7.11 Å². The van der Waals surface area contributed by atoms with Crippen LogP contribution in [-0.2, 0) is 0 Å². The summed E-state index contributed by atoms with van der Waals surface area (Å²) >= 11 is 3.40. The number of likely N-dealkylation sites (tertiary alicyclic amines) is 1. The molecule has 116 valence electrons. The van der Waals surface area contributed by atoms with Crippen LogP contribution in [0.4, 0.5) is 0 Å². The molecule has 1 aliphatic rings. The topological polar surface area (TPSA) is 54.3 Å². The van der Waals surface area contributed by atoms with Crippen molar-refractivity contribution in [3.8, 4) is 11.5 Å². The Morgan fingerprint density at radius 3 is 2.76 bits per heavy atom. The van der Waals surface area contributed by atoms with Gasteiger partial charge in [0.2, 0.25) is 0 Å². The van der Waals surface area contributed by atoms with Gasteiger partial charge < -0.3 is 14.7 Å². The van der Waals surface area contributed by atoms with Gasteiger partial charge in [0, 0.05) is 16.6 Å². The third-order valence-electron chi connectivity index (χ3n) is 3.57. The lowest BCUT2D eigenvalue weighted by Gasteiger charge is -2.26. The number of ether oxygens (including phenoxy) is 2. The first-order chi connectivity index (χ1) is 10.2. The van der Waals surface area contributed by atoms with Gasteiger partial charge in [-0.1, -0.05) is 27.5 Å². The Balaban J connectivity index is 2.03. The van der Waals surface area contributed by atoms with Crippen LogP contribution in [0.25, 0.3) is 0 Å². The molecular formula is C15H21BrN2O3. The largest absolute Gasteiger partial charge is 0.493 e. The minimum Gasteiger partial charge on any atom is -0.493 e. The zero-order valence-corrected chi connectivity index (χ0v) is 13.8. The van der Waals surface area contributed by atoms with Crippen LogP contribution < -0.4 is 9.47 Å². The fourth-order valence-corrected chi connectivity index (χ4v) is 2.97. The van der Waals surface area contributed by atoms with Crippen molar-refractivity contribution in [2.45, 2.75) is 19.3 Å². The number of hydrogen-bond acceptors (Lipinski definition) is 5. The van der Waals surface area contributed by atoms with Gasteiger partial charge in [0.05, 0.1) is 13.3 Å². The lowest BCUT2D eigenvalue weighted by Crippen LogP contribution is -2.33. The summed E-state index contributed by atoms with van der Waals surface area (Å²) in [6.07, 6.45) is 5.21. The average molecular weight is 357 g/mol. The maximum Gasteiger partial charge on any atom is 0.170 e. The molecule has 0 aromatic heterocycles. The first kappa shape index (κ1) is 16.1. The quantitative estimate of drug-likeness (QED) is 0.483. The molecule has 1 heterocycles. The van der Waals surface area contributed by atoms with Crippen LogP contribution in [0, 0.1) is 0 Å². The molecule has 1 saturated heterocycles. The number of piperidine rings is 1. The Morgan fingerprint density at radius 2 is 2.10 bits per heavy atom. The van der Waals surface area contributed by atoms with Crippen LogP contribution in [0.1, 0.15) is 24.8 Å². The van der Waals surface area contributed by atoms with E-state index in [2.05, 4.69) is 26.0 Å². The van der Waals surface area contributed by atoms with Crippen molar-refractivity contribution >= 4 is 22.1 Å². The second kappa shape index (κ2) is 8.24. The smallest absolute Gasteiger partial charge is 0.170 e. The fraction of sp³-hybridized carbons (Fsp3) is 0.533. The number of hydrogen-bond donors (Lipinski definition) is 1. The second-order valence-corrected chi connectivity index (χ2v) is 5.94. The van der Waals surface area contributed by atoms with Crippen molar-refractivity contribution in [1.82, 2.24) is 4.90 Å². The molecule has 6 heteroatoms. The van der Waals surface area contributed by atoms with Crippen molar-refractivity contribution in [3.05, 3.63) is 22.2 Å².